The van der Waals surface area contributed by atoms with Gasteiger partial charge in [-0.3, -0.25) is 13.9 Å². The zero-order chi connectivity index (χ0) is 25.2. The highest BCUT2D eigenvalue weighted by Crippen LogP contribution is 2.37. The minimum Gasteiger partial charge on any atom is -0.346 e. The van der Waals surface area contributed by atoms with Crippen LogP contribution in [0.15, 0.2) is 50.6 Å². The number of aromatic nitrogens is 5. The van der Waals surface area contributed by atoms with Crippen molar-refractivity contribution in [2.45, 2.75) is 49.5 Å². The van der Waals surface area contributed by atoms with E-state index in [9.17, 15) is 18.0 Å². The van der Waals surface area contributed by atoms with Gasteiger partial charge in [-0.25, -0.2) is 27.9 Å². The number of fused-ring (bicyclic) bond motifs is 2. The Bertz CT molecular complexity index is 1870. The molecule has 36 heavy (non-hydrogen) atoms. The first-order valence-electron chi connectivity index (χ1n) is 11.3. The Labute approximate surface area is 213 Å². The number of thiazole rings is 1. The number of nitrogens with one attached hydrogen (secondary N) is 2. The topological polar surface area (TPSA) is 132 Å². The van der Waals surface area contributed by atoms with Gasteiger partial charge in [0.15, 0.2) is 0 Å². The number of sulfonamides is 1. The summed E-state index contributed by atoms with van der Waals surface area (Å²) in [5, 5.41) is 1.91. The van der Waals surface area contributed by atoms with Crippen LogP contribution in [0.5, 0.6) is 0 Å². The van der Waals surface area contributed by atoms with Crippen molar-refractivity contribution in [2.75, 3.05) is 0 Å². The predicted molar refractivity (Wildman–Crippen MR) is 139 cm³/mol. The minimum absolute atomic E-state index is 0.0153. The molecule has 5 aromatic rings. The highest BCUT2D eigenvalue weighted by molar-refractivity contribution is 7.91. The molecular weight excluding hydrogens is 520 g/mol. The van der Waals surface area contributed by atoms with Gasteiger partial charge in [0, 0.05) is 34.4 Å². The van der Waals surface area contributed by atoms with Crippen molar-refractivity contribution in [3.8, 4) is 0 Å². The van der Waals surface area contributed by atoms with Crippen LogP contribution in [0.3, 0.4) is 0 Å². The molecule has 186 valence electrons. The molecule has 0 unspecified atom stereocenters. The SMILES string of the molecule is Cc1ncc(Cn2c(=O)c3cc(S(=O)(=O)NC4(C)CC4)sc3n(Cc3cnc4[nH]ccc4c3)c2=O)s1. The normalized spacial score (nSPS) is 15.2. The maximum Gasteiger partial charge on any atom is 0.332 e. The fraction of sp³-hybridized carbons (Fsp3) is 0.304. The lowest BCUT2D eigenvalue weighted by atomic mass is 10.2. The van der Waals surface area contributed by atoms with Gasteiger partial charge in [0.05, 0.1) is 23.5 Å². The quantitative estimate of drug-likeness (QED) is 0.325. The molecule has 5 aromatic heterocycles. The molecule has 1 fully saturated rings. The third kappa shape index (κ3) is 4.11. The number of thiophene rings is 1. The lowest BCUT2D eigenvalue weighted by Crippen LogP contribution is -2.40. The van der Waals surface area contributed by atoms with E-state index in [2.05, 4.69) is 19.7 Å². The van der Waals surface area contributed by atoms with Gasteiger partial charge < -0.3 is 4.98 Å². The van der Waals surface area contributed by atoms with Crippen LogP contribution < -0.4 is 16.0 Å². The van der Waals surface area contributed by atoms with Gasteiger partial charge in [0.2, 0.25) is 0 Å². The first-order valence-corrected chi connectivity index (χ1v) is 14.4. The van der Waals surface area contributed by atoms with Gasteiger partial charge >= 0.3 is 5.69 Å². The first kappa shape index (κ1) is 23.3. The third-order valence-electron chi connectivity index (χ3n) is 6.30. The van der Waals surface area contributed by atoms with Gasteiger partial charge in [-0.05, 0) is 50.5 Å². The summed E-state index contributed by atoms with van der Waals surface area (Å²) in [4.78, 5) is 39.9. The second kappa shape index (κ2) is 8.20. The van der Waals surface area contributed by atoms with Gasteiger partial charge in [-0.15, -0.1) is 22.7 Å². The monoisotopic (exact) mass is 542 g/mol. The van der Waals surface area contributed by atoms with Crippen molar-refractivity contribution in [3.63, 3.8) is 0 Å². The molecule has 1 saturated carbocycles. The lowest BCUT2D eigenvalue weighted by Gasteiger charge is -2.11. The Hall–Kier alpha value is -3.13. The van der Waals surface area contributed by atoms with Gasteiger partial charge in [0.25, 0.3) is 15.6 Å². The number of H-pyrrole nitrogens is 1. The summed E-state index contributed by atoms with van der Waals surface area (Å²) >= 11 is 2.34. The summed E-state index contributed by atoms with van der Waals surface area (Å²) in [6, 6.07) is 5.19. The van der Waals surface area contributed by atoms with Crippen LogP contribution in [0.1, 0.15) is 35.2 Å². The fourth-order valence-electron chi connectivity index (χ4n) is 4.14. The van der Waals surface area contributed by atoms with Crippen molar-refractivity contribution in [2.24, 2.45) is 0 Å². The molecular formula is C23H22N6O4S3. The molecule has 0 aliphatic heterocycles. The molecule has 1 aliphatic carbocycles. The fourth-order valence-corrected chi connectivity index (χ4v) is 7.83. The highest BCUT2D eigenvalue weighted by atomic mass is 32.2. The smallest absolute Gasteiger partial charge is 0.332 e. The van der Waals surface area contributed by atoms with Crippen LogP contribution in [0.25, 0.3) is 21.3 Å². The zero-order valence-electron chi connectivity index (χ0n) is 19.4. The van der Waals surface area contributed by atoms with E-state index >= 15 is 0 Å². The van der Waals surface area contributed by atoms with Gasteiger partial charge in [-0.1, -0.05) is 0 Å². The minimum atomic E-state index is -3.85. The van der Waals surface area contributed by atoms with Crippen LogP contribution >= 0.6 is 22.7 Å². The number of hydrogen-bond donors (Lipinski definition) is 2. The van der Waals surface area contributed by atoms with Crippen LogP contribution in [0, 0.1) is 6.92 Å². The van der Waals surface area contributed by atoms with E-state index in [4.69, 9.17) is 0 Å². The summed E-state index contributed by atoms with van der Waals surface area (Å²) in [7, 11) is -3.85. The molecule has 0 spiro atoms. The number of nitrogens with zero attached hydrogens (tertiary/aromatic N) is 4. The molecule has 10 nitrogen and oxygen atoms in total. The van der Waals surface area contributed by atoms with Crippen molar-refractivity contribution >= 4 is 53.9 Å². The van der Waals surface area contributed by atoms with E-state index in [1.165, 1.54) is 22.0 Å². The van der Waals surface area contributed by atoms with Crippen LogP contribution in [0.4, 0.5) is 0 Å². The number of rotatable bonds is 7. The Kier molecular flexibility index (Phi) is 5.30. The van der Waals surface area contributed by atoms with Crippen molar-refractivity contribution < 1.29 is 8.42 Å². The van der Waals surface area contributed by atoms with Crippen molar-refractivity contribution in [1.29, 1.82) is 0 Å². The summed E-state index contributed by atoms with van der Waals surface area (Å²) < 4.78 is 31.6. The Morgan fingerprint density at radius 1 is 1.11 bits per heavy atom. The standard InChI is InChI=1S/C23H22N6O4S3/c1-13-25-10-16(34-13)12-28-20(30)17-8-18(36(32,33)27-23(2)4-5-23)35-21(17)29(22(28)31)11-14-7-15-3-6-24-19(15)26-9-14/h3,6-10,27H,4-5,11-12H2,1-2H3,(H,24,26). The molecule has 0 radical (unpaired) electrons. The molecule has 0 amide bonds. The number of pyridine rings is 1. The molecule has 5 heterocycles. The lowest BCUT2D eigenvalue weighted by molar-refractivity contribution is 0.560. The van der Waals surface area contributed by atoms with Crippen molar-refractivity contribution in [1.82, 2.24) is 28.8 Å². The Balaban J connectivity index is 1.53. The largest absolute Gasteiger partial charge is 0.346 e. The first-order chi connectivity index (χ1) is 17.1. The average molecular weight is 543 g/mol. The summed E-state index contributed by atoms with van der Waals surface area (Å²) in [5.41, 5.74) is -0.0135. The van der Waals surface area contributed by atoms with E-state index in [1.807, 2.05) is 26.0 Å². The molecule has 2 N–H and O–H groups in total. The number of hydrogen-bond acceptors (Lipinski definition) is 8. The molecule has 0 aromatic carbocycles. The summed E-state index contributed by atoms with van der Waals surface area (Å²) in [5.74, 6) is 0. The Morgan fingerprint density at radius 3 is 2.64 bits per heavy atom. The number of aromatic amines is 1. The van der Waals surface area contributed by atoms with Crippen molar-refractivity contribution in [3.05, 3.63) is 73.1 Å². The second-order valence-corrected chi connectivity index (χ2v) is 13.6. The molecule has 0 saturated heterocycles. The Morgan fingerprint density at radius 2 is 1.92 bits per heavy atom. The molecule has 6 rings (SSSR count). The second-order valence-electron chi connectivity index (χ2n) is 9.32. The third-order valence-corrected chi connectivity index (χ3v) is 10.5. The molecule has 13 heteroatoms. The van der Waals surface area contributed by atoms with E-state index in [-0.39, 0.29) is 22.7 Å². The van der Waals surface area contributed by atoms with Crippen LogP contribution in [-0.2, 0) is 23.1 Å². The predicted octanol–water partition coefficient (Wildman–Crippen LogP) is 2.79. The number of aryl methyl sites for hydroxylation is 1. The zero-order valence-corrected chi connectivity index (χ0v) is 21.9. The van der Waals surface area contributed by atoms with Crippen LogP contribution in [-0.4, -0.2) is 38.0 Å². The summed E-state index contributed by atoms with van der Waals surface area (Å²) in [6.45, 7) is 3.90. The maximum absolute atomic E-state index is 13.7. The van der Waals surface area contributed by atoms with E-state index in [0.29, 0.717) is 4.83 Å². The highest BCUT2D eigenvalue weighted by Gasteiger charge is 2.41. The maximum atomic E-state index is 13.7. The van der Waals surface area contributed by atoms with Gasteiger partial charge in [0.1, 0.15) is 14.7 Å². The molecule has 0 bridgehead atoms. The van der Waals surface area contributed by atoms with E-state index in [1.54, 1.807) is 18.6 Å². The van der Waals surface area contributed by atoms with Gasteiger partial charge in [-0.2, -0.15) is 0 Å². The summed E-state index contributed by atoms with van der Waals surface area (Å²) in [6.07, 6.45) is 6.62. The average Bonchev–Trinajstić information content (AvgIpc) is 3.25. The molecule has 0 atom stereocenters. The van der Waals surface area contributed by atoms with E-state index in [0.717, 1.165) is 55.2 Å². The van der Waals surface area contributed by atoms with E-state index < -0.39 is 26.8 Å². The molecule has 1 aliphatic rings. The van der Waals surface area contributed by atoms with Crippen LogP contribution in [0.2, 0.25) is 0 Å².